The highest BCUT2D eigenvalue weighted by atomic mass is 35.5. The average molecular weight is 255 g/mol. The maximum Gasteiger partial charge on any atom is 0.253 e. The molecule has 2 unspecified atom stereocenters. The summed E-state index contributed by atoms with van der Waals surface area (Å²) < 4.78 is 5.30. The summed E-state index contributed by atoms with van der Waals surface area (Å²) >= 11 is 5.91. The Hall–Kier alpha value is -1.13. The Balaban J connectivity index is 1.99. The lowest BCUT2D eigenvalue weighted by Crippen LogP contribution is -2.38. The highest BCUT2D eigenvalue weighted by Crippen LogP contribution is 2.18. The van der Waals surface area contributed by atoms with Crippen molar-refractivity contribution in [3.05, 3.63) is 29.0 Å². The first-order valence-corrected chi connectivity index (χ1v) is 6.04. The molecule has 2 atom stereocenters. The van der Waals surface area contributed by atoms with Crippen LogP contribution in [-0.4, -0.2) is 30.1 Å². The molecule has 1 fully saturated rings. The van der Waals surface area contributed by atoms with Crippen LogP contribution in [0.2, 0.25) is 5.02 Å². The van der Waals surface area contributed by atoms with Crippen LogP contribution in [0, 0.1) is 5.92 Å². The summed E-state index contributed by atoms with van der Waals surface area (Å²) in [5, 5.41) is 3.32. The van der Waals surface area contributed by atoms with E-state index in [2.05, 4.69) is 10.3 Å². The second kappa shape index (κ2) is 5.47. The van der Waals surface area contributed by atoms with E-state index in [1.165, 1.54) is 6.20 Å². The largest absolute Gasteiger partial charge is 0.381 e. The van der Waals surface area contributed by atoms with E-state index in [1.54, 1.807) is 12.3 Å². The van der Waals surface area contributed by atoms with Crippen LogP contribution >= 0.6 is 11.6 Å². The zero-order chi connectivity index (χ0) is 12.3. The number of hydrogen-bond donors (Lipinski definition) is 1. The van der Waals surface area contributed by atoms with Crippen LogP contribution < -0.4 is 5.32 Å². The van der Waals surface area contributed by atoms with Gasteiger partial charge in [-0.05, 0) is 19.4 Å². The van der Waals surface area contributed by atoms with Crippen LogP contribution in [-0.2, 0) is 4.74 Å². The second-order valence-electron chi connectivity index (χ2n) is 4.24. The Morgan fingerprint density at radius 1 is 1.71 bits per heavy atom. The van der Waals surface area contributed by atoms with Crippen LogP contribution in [0.3, 0.4) is 0 Å². The van der Waals surface area contributed by atoms with Gasteiger partial charge in [0.05, 0.1) is 17.2 Å². The summed E-state index contributed by atoms with van der Waals surface area (Å²) in [4.78, 5) is 15.8. The van der Waals surface area contributed by atoms with E-state index < -0.39 is 0 Å². The van der Waals surface area contributed by atoms with Gasteiger partial charge >= 0.3 is 0 Å². The first-order chi connectivity index (χ1) is 8.18. The van der Waals surface area contributed by atoms with Crippen LogP contribution in [0.4, 0.5) is 0 Å². The summed E-state index contributed by atoms with van der Waals surface area (Å²) in [6, 6.07) is 1.71. The molecule has 5 heteroatoms. The van der Waals surface area contributed by atoms with Gasteiger partial charge in [0.1, 0.15) is 0 Å². The fourth-order valence-electron chi connectivity index (χ4n) is 1.91. The number of halogens is 1. The minimum Gasteiger partial charge on any atom is -0.381 e. The molecule has 0 bridgehead atoms. The SMILES string of the molecule is CC(NC(=O)c1ccncc1Cl)C1CCOC1. The van der Waals surface area contributed by atoms with E-state index in [9.17, 15) is 4.79 Å². The Kier molecular flexibility index (Phi) is 3.97. The van der Waals surface area contributed by atoms with Crippen molar-refractivity contribution < 1.29 is 9.53 Å². The van der Waals surface area contributed by atoms with Crippen molar-refractivity contribution in [2.24, 2.45) is 5.92 Å². The van der Waals surface area contributed by atoms with Gasteiger partial charge < -0.3 is 10.1 Å². The summed E-state index contributed by atoms with van der Waals surface area (Å²) in [6.07, 6.45) is 4.02. The minimum absolute atomic E-state index is 0.0919. The van der Waals surface area contributed by atoms with Crippen molar-refractivity contribution in [3.63, 3.8) is 0 Å². The molecule has 1 N–H and O–H groups in total. The zero-order valence-corrected chi connectivity index (χ0v) is 10.4. The number of aromatic nitrogens is 1. The molecular formula is C12H15ClN2O2. The number of pyridine rings is 1. The van der Waals surface area contributed by atoms with Crippen molar-refractivity contribution in [2.75, 3.05) is 13.2 Å². The fraction of sp³-hybridized carbons (Fsp3) is 0.500. The van der Waals surface area contributed by atoms with Crippen LogP contribution in [0.15, 0.2) is 18.5 Å². The quantitative estimate of drug-likeness (QED) is 0.896. The molecule has 2 rings (SSSR count). The number of nitrogens with one attached hydrogen (secondary N) is 1. The molecule has 1 aliphatic heterocycles. The van der Waals surface area contributed by atoms with Gasteiger partial charge in [0.2, 0.25) is 0 Å². The van der Waals surface area contributed by atoms with Crippen LogP contribution in [0.5, 0.6) is 0 Å². The van der Waals surface area contributed by atoms with E-state index >= 15 is 0 Å². The molecule has 0 spiro atoms. The number of amides is 1. The van der Waals surface area contributed by atoms with Gasteiger partial charge in [-0.3, -0.25) is 9.78 Å². The molecule has 0 saturated carbocycles. The molecular weight excluding hydrogens is 240 g/mol. The topological polar surface area (TPSA) is 51.2 Å². The number of nitrogens with zero attached hydrogens (tertiary/aromatic N) is 1. The lowest BCUT2D eigenvalue weighted by Gasteiger charge is -2.19. The molecule has 0 aromatic carbocycles. The van der Waals surface area contributed by atoms with Gasteiger partial charge in [0, 0.05) is 31.0 Å². The summed E-state index contributed by atoms with van der Waals surface area (Å²) in [7, 11) is 0. The first-order valence-electron chi connectivity index (χ1n) is 5.66. The number of hydrogen-bond acceptors (Lipinski definition) is 3. The molecule has 1 amide bonds. The monoisotopic (exact) mass is 254 g/mol. The molecule has 0 radical (unpaired) electrons. The summed E-state index contributed by atoms with van der Waals surface area (Å²) in [6.45, 7) is 3.48. The lowest BCUT2D eigenvalue weighted by atomic mass is 10.0. The van der Waals surface area contributed by atoms with Gasteiger partial charge in [-0.15, -0.1) is 0 Å². The van der Waals surface area contributed by atoms with Gasteiger partial charge in [-0.2, -0.15) is 0 Å². The summed E-state index contributed by atoms with van der Waals surface area (Å²) in [5.41, 5.74) is 0.465. The van der Waals surface area contributed by atoms with E-state index in [0.717, 1.165) is 13.0 Å². The van der Waals surface area contributed by atoms with Crippen molar-refractivity contribution in [1.82, 2.24) is 10.3 Å². The zero-order valence-electron chi connectivity index (χ0n) is 9.65. The highest BCUT2D eigenvalue weighted by molar-refractivity contribution is 6.33. The fourth-order valence-corrected chi connectivity index (χ4v) is 2.11. The molecule has 17 heavy (non-hydrogen) atoms. The minimum atomic E-state index is -0.156. The van der Waals surface area contributed by atoms with Crippen molar-refractivity contribution >= 4 is 17.5 Å². The second-order valence-corrected chi connectivity index (χ2v) is 4.65. The molecule has 0 aliphatic carbocycles. The predicted octanol–water partition coefficient (Wildman–Crippen LogP) is 1.89. The normalized spacial score (nSPS) is 21.2. The number of ether oxygens (including phenoxy) is 1. The third-order valence-corrected chi connectivity index (χ3v) is 3.35. The number of carbonyl (C=O) groups is 1. The molecule has 1 aromatic heterocycles. The van der Waals surface area contributed by atoms with Gasteiger partial charge in [-0.1, -0.05) is 11.6 Å². The number of carbonyl (C=O) groups excluding carboxylic acids is 1. The molecule has 1 aliphatic rings. The van der Waals surface area contributed by atoms with Crippen molar-refractivity contribution in [2.45, 2.75) is 19.4 Å². The third kappa shape index (κ3) is 2.96. The highest BCUT2D eigenvalue weighted by Gasteiger charge is 2.24. The maximum atomic E-state index is 12.0. The average Bonchev–Trinajstić information content (AvgIpc) is 2.82. The van der Waals surface area contributed by atoms with Gasteiger partial charge in [-0.25, -0.2) is 0 Å². The van der Waals surface area contributed by atoms with Crippen LogP contribution in [0.1, 0.15) is 23.7 Å². The predicted molar refractivity (Wildman–Crippen MR) is 65.1 cm³/mol. The van der Waals surface area contributed by atoms with Crippen molar-refractivity contribution in [1.29, 1.82) is 0 Å². The van der Waals surface area contributed by atoms with E-state index in [-0.39, 0.29) is 11.9 Å². The Labute approximate surface area is 105 Å². The van der Waals surface area contributed by atoms with Gasteiger partial charge in [0.15, 0.2) is 0 Å². The van der Waals surface area contributed by atoms with Crippen LogP contribution in [0.25, 0.3) is 0 Å². The van der Waals surface area contributed by atoms with E-state index in [1.807, 2.05) is 6.92 Å². The molecule has 1 saturated heterocycles. The van der Waals surface area contributed by atoms with E-state index in [0.29, 0.717) is 23.1 Å². The van der Waals surface area contributed by atoms with Crippen molar-refractivity contribution in [3.8, 4) is 0 Å². The molecule has 4 nitrogen and oxygen atoms in total. The standard InChI is InChI=1S/C12H15ClN2O2/c1-8(9-3-5-17-7-9)15-12(16)10-2-4-14-6-11(10)13/h2,4,6,8-9H,3,5,7H2,1H3,(H,15,16). The number of rotatable bonds is 3. The Morgan fingerprint density at radius 3 is 3.18 bits per heavy atom. The molecule has 2 heterocycles. The molecule has 92 valence electrons. The summed E-state index contributed by atoms with van der Waals surface area (Å²) in [5.74, 6) is 0.233. The third-order valence-electron chi connectivity index (χ3n) is 3.05. The first kappa shape index (κ1) is 12.3. The smallest absolute Gasteiger partial charge is 0.253 e. The Morgan fingerprint density at radius 2 is 2.53 bits per heavy atom. The lowest BCUT2D eigenvalue weighted by molar-refractivity contribution is 0.0922. The van der Waals surface area contributed by atoms with E-state index in [4.69, 9.17) is 16.3 Å². The maximum absolute atomic E-state index is 12.0. The molecule has 1 aromatic rings. The Bertz CT molecular complexity index is 405. The van der Waals surface area contributed by atoms with Gasteiger partial charge in [0.25, 0.3) is 5.91 Å².